The summed E-state index contributed by atoms with van der Waals surface area (Å²) in [6, 6.07) is 5.26. The predicted octanol–water partition coefficient (Wildman–Crippen LogP) is 2.03. The molecule has 1 unspecified atom stereocenters. The number of carbonyl (C=O) groups excluding carboxylic acids is 2. The molecule has 1 atom stereocenters. The van der Waals surface area contributed by atoms with Crippen molar-refractivity contribution in [3.05, 3.63) is 29.3 Å². The lowest BCUT2D eigenvalue weighted by Gasteiger charge is -2.10. The van der Waals surface area contributed by atoms with E-state index >= 15 is 0 Å². The molecule has 0 aromatic heterocycles. The Morgan fingerprint density at radius 1 is 1.29 bits per heavy atom. The Labute approximate surface area is 123 Å². The molecule has 2 rings (SSSR count). The second-order valence-corrected chi connectivity index (χ2v) is 4.85. The van der Waals surface area contributed by atoms with Crippen molar-refractivity contribution in [2.45, 2.75) is 20.0 Å². The van der Waals surface area contributed by atoms with Gasteiger partial charge in [-0.05, 0) is 37.6 Å². The number of hydrogen-bond donors (Lipinski definition) is 0. The molecule has 0 amide bonds. The summed E-state index contributed by atoms with van der Waals surface area (Å²) < 4.78 is 16.0. The van der Waals surface area contributed by atoms with Gasteiger partial charge >= 0.3 is 0 Å². The van der Waals surface area contributed by atoms with Crippen LogP contribution in [-0.2, 0) is 14.3 Å². The maximum Gasteiger partial charge on any atom is 0.163 e. The fourth-order valence-corrected chi connectivity index (χ4v) is 1.86. The van der Waals surface area contributed by atoms with Gasteiger partial charge in [0.05, 0.1) is 19.3 Å². The zero-order valence-corrected chi connectivity index (χ0v) is 12.3. The monoisotopic (exact) mass is 290 g/mol. The van der Waals surface area contributed by atoms with Gasteiger partial charge in [0.2, 0.25) is 0 Å². The number of ketones is 2. The van der Waals surface area contributed by atoms with Gasteiger partial charge in [-0.2, -0.15) is 0 Å². The van der Waals surface area contributed by atoms with Gasteiger partial charge in [-0.1, -0.05) is 6.07 Å². The summed E-state index contributed by atoms with van der Waals surface area (Å²) in [6.45, 7) is 3.95. The van der Waals surface area contributed by atoms with Gasteiger partial charge in [-0.3, -0.25) is 9.59 Å². The summed E-state index contributed by atoms with van der Waals surface area (Å²) in [5, 5.41) is 0. The van der Waals surface area contributed by atoms with Crippen molar-refractivity contribution in [3.63, 3.8) is 0 Å². The molecule has 1 aliphatic rings. The molecule has 1 aromatic rings. The van der Waals surface area contributed by atoms with E-state index in [2.05, 4.69) is 0 Å². The van der Waals surface area contributed by atoms with Crippen molar-refractivity contribution in [1.82, 2.24) is 0 Å². The highest BCUT2D eigenvalue weighted by Crippen LogP contribution is 2.29. The molecule has 0 spiro atoms. The Morgan fingerprint density at radius 3 is 2.48 bits per heavy atom. The molecule has 1 fully saturated rings. The average Bonchev–Trinajstić information content (AvgIpc) is 3.26. The maximum atomic E-state index is 11.4. The van der Waals surface area contributed by atoms with Crippen LogP contribution in [0.3, 0.4) is 0 Å². The molecule has 0 N–H and O–H groups in total. The minimum Gasteiger partial charge on any atom is -0.493 e. The molecule has 1 saturated heterocycles. The number of allylic oxidation sites excluding steroid dienone is 1. The molecule has 112 valence electrons. The first-order valence-corrected chi connectivity index (χ1v) is 6.67. The first-order valence-electron chi connectivity index (χ1n) is 6.67. The van der Waals surface area contributed by atoms with Gasteiger partial charge < -0.3 is 14.2 Å². The first kappa shape index (κ1) is 15.3. The zero-order chi connectivity index (χ0) is 15.4. The lowest BCUT2D eigenvalue weighted by atomic mass is 10.0. The van der Waals surface area contributed by atoms with Gasteiger partial charge in [0.25, 0.3) is 0 Å². The van der Waals surface area contributed by atoms with Gasteiger partial charge in [-0.25, -0.2) is 0 Å². The molecule has 0 radical (unpaired) electrons. The largest absolute Gasteiger partial charge is 0.493 e. The average molecular weight is 290 g/mol. The summed E-state index contributed by atoms with van der Waals surface area (Å²) in [7, 11) is 1.54. The SMILES string of the molecule is COc1cc(C=C(C(C)=O)C(C)=O)ccc1OCC1CO1. The highest BCUT2D eigenvalue weighted by Gasteiger charge is 2.23. The zero-order valence-electron chi connectivity index (χ0n) is 12.3. The number of ether oxygens (including phenoxy) is 3. The summed E-state index contributed by atoms with van der Waals surface area (Å²) in [6.07, 6.45) is 1.72. The van der Waals surface area contributed by atoms with Crippen LogP contribution in [0.1, 0.15) is 19.4 Å². The van der Waals surface area contributed by atoms with Crippen LogP contribution in [0.25, 0.3) is 6.08 Å². The van der Waals surface area contributed by atoms with E-state index in [-0.39, 0.29) is 23.2 Å². The fourth-order valence-electron chi connectivity index (χ4n) is 1.86. The highest BCUT2D eigenvalue weighted by molar-refractivity contribution is 6.21. The predicted molar refractivity (Wildman–Crippen MR) is 77.6 cm³/mol. The summed E-state index contributed by atoms with van der Waals surface area (Å²) in [5.74, 6) is 0.647. The molecule has 0 bridgehead atoms. The minimum atomic E-state index is -0.257. The fraction of sp³-hybridized carbons (Fsp3) is 0.375. The Hall–Kier alpha value is -2.14. The third kappa shape index (κ3) is 4.16. The molecule has 5 heteroatoms. The van der Waals surface area contributed by atoms with Crippen molar-refractivity contribution in [2.24, 2.45) is 0 Å². The van der Waals surface area contributed by atoms with Crippen LogP contribution >= 0.6 is 0 Å². The molecular weight excluding hydrogens is 272 g/mol. The lowest BCUT2D eigenvalue weighted by Crippen LogP contribution is -2.06. The topological polar surface area (TPSA) is 65.1 Å². The van der Waals surface area contributed by atoms with E-state index < -0.39 is 0 Å². The van der Waals surface area contributed by atoms with Gasteiger partial charge in [0.1, 0.15) is 12.7 Å². The molecule has 0 aliphatic carbocycles. The summed E-state index contributed by atoms with van der Waals surface area (Å²) in [4.78, 5) is 22.9. The number of carbonyl (C=O) groups is 2. The number of rotatable bonds is 7. The number of hydrogen-bond acceptors (Lipinski definition) is 5. The van der Waals surface area contributed by atoms with Gasteiger partial charge in [-0.15, -0.1) is 0 Å². The van der Waals surface area contributed by atoms with E-state index in [0.717, 1.165) is 6.61 Å². The smallest absolute Gasteiger partial charge is 0.163 e. The maximum absolute atomic E-state index is 11.4. The standard InChI is InChI=1S/C16H18O5/c1-10(17)14(11(2)18)6-12-4-5-15(16(7-12)19-3)21-9-13-8-20-13/h4-7,13H,8-9H2,1-3H3. The Kier molecular flexibility index (Phi) is 4.75. The van der Waals surface area contributed by atoms with Crippen molar-refractivity contribution < 1.29 is 23.8 Å². The van der Waals surface area contributed by atoms with Crippen LogP contribution in [0.15, 0.2) is 23.8 Å². The third-order valence-corrected chi connectivity index (χ3v) is 3.08. The normalized spacial score (nSPS) is 16.0. The van der Waals surface area contributed by atoms with Crippen LogP contribution in [-0.4, -0.2) is 38.0 Å². The number of benzene rings is 1. The molecule has 5 nitrogen and oxygen atoms in total. The third-order valence-electron chi connectivity index (χ3n) is 3.08. The number of Topliss-reactive ketones (excluding diaryl/α,β-unsaturated/α-hetero) is 2. The Balaban J connectivity index is 2.22. The van der Waals surface area contributed by atoms with Crippen molar-refractivity contribution in [3.8, 4) is 11.5 Å². The molecule has 1 aromatic carbocycles. The van der Waals surface area contributed by atoms with Crippen LogP contribution in [0, 0.1) is 0 Å². The minimum absolute atomic E-state index is 0.163. The molecule has 0 saturated carbocycles. The highest BCUT2D eigenvalue weighted by atomic mass is 16.6. The molecular formula is C16H18O5. The lowest BCUT2D eigenvalue weighted by molar-refractivity contribution is -0.119. The van der Waals surface area contributed by atoms with Crippen molar-refractivity contribution in [1.29, 1.82) is 0 Å². The summed E-state index contributed by atoms with van der Waals surface area (Å²) in [5.41, 5.74) is 0.874. The van der Waals surface area contributed by atoms with E-state index in [1.807, 2.05) is 0 Å². The molecule has 1 heterocycles. The van der Waals surface area contributed by atoms with E-state index in [9.17, 15) is 9.59 Å². The first-order chi connectivity index (χ1) is 10.0. The second-order valence-electron chi connectivity index (χ2n) is 4.85. The van der Waals surface area contributed by atoms with Gasteiger partial charge in [0.15, 0.2) is 23.1 Å². The second kappa shape index (κ2) is 6.54. The molecule has 21 heavy (non-hydrogen) atoms. The Morgan fingerprint density at radius 2 is 1.95 bits per heavy atom. The van der Waals surface area contributed by atoms with Crippen LogP contribution in [0.2, 0.25) is 0 Å². The van der Waals surface area contributed by atoms with Crippen molar-refractivity contribution in [2.75, 3.05) is 20.3 Å². The van der Waals surface area contributed by atoms with Crippen LogP contribution < -0.4 is 9.47 Å². The van der Waals surface area contributed by atoms with Crippen LogP contribution in [0.5, 0.6) is 11.5 Å². The van der Waals surface area contributed by atoms with Crippen LogP contribution in [0.4, 0.5) is 0 Å². The Bertz CT molecular complexity index is 568. The van der Waals surface area contributed by atoms with E-state index in [0.29, 0.717) is 23.7 Å². The number of epoxide rings is 1. The molecule has 1 aliphatic heterocycles. The van der Waals surface area contributed by atoms with Gasteiger partial charge in [0, 0.05) is 0 Å². The van der Waals surface area contributed by atoms with E-state index in [1.165, 1.54) is 13.8 Å². The summed E-state index contributed by atoms with van der Waals surface area (Å²) >= 11 is 0. The number of methoxy groups -OCH3 is 1. The van der Waals surface area contributed by atoms with E-state index in [1.54, 1.807) is 31.4 Å². The quantitative estimate of drug-likeness (QED) is 0.333. The van der Waals surface area contributed by atoms with Crippen molar-refractivity contribution >= 4 is 17.6 Å². The van der Waals surface area contributed by atoms with E-state index in [4.69, 9.17) is 14.2 Å².